The second-order valence-corrected chi connectivity index (χ2v) is 10.2. The summed E-state index contributed by atoms with van der Waals surface area (Å²) < 4.78 is 39.1. The van der Waals surface area contributed by atoms with Crippen molar-refractivity contribution in [2.45, 2.75) is 39.2 Å². The van der Waals surface area contributed by atoms with Crippen LogP contribution in [0.2, 0.25) is 0 Å². The summed E-state index contributed by atoms with van der Waals surface area (Å²) in [4.78, 5) is 17.8. The maximum Gasteiger partial charge on any atom is 0.252 e. The van der Waals surface area contributed by atoms with Gasteiger partial charge in [0, 0.05) is 12.1 Å². The maximum absolute atomic E-state index is 13.4. The van der Waals surface area contributed by atoms with Crippen molar-refractivity contribution in [3.63, 3.8) is 0 Å². The van der Waals surface area contributed by atoms with Gasteiger partial charge in [0.1, 0.15) is 5.82 Å². The van der Waals surface area contributed by atoms with E-state index in [0.717, 1.165) is 12.8 Å². The summed E-state index contributed by atoms with van der Waals surface area (Å²) in [7, 11) is -3.12. The minimum Gasteiger partial charge on any atom is -0.352 e. The summed E-state index contributed by atoms with van der Waals surface area (Å²) in [5.41, 5.74) is 2.70. The van der Waals surface area contributed by atoms with Gasteiger partial charge in [0.15, 0.2) is 15.5 Å². The van der Waals surface area contributed by atoms with Gasteiger partial charge >= 0.3 is 0 Å². The fraction of sp³-hybridized carbons (Fsp3) is 0.409. The number of aryl methyl sites for hydroxylation is 1. The van der Waals surface area contributed by atoms with E-state index >= 15 is 0 Å². The highest BCUT2D eigenvalue weighted by Crippen LogP contribution is 2.32. The standard InChI is InChI=1S/C22H25FN4O3S/c1-3-4-10-24-22(28)18-12-19(15-5-7-16(23)8-6-15)25-21-20(18)14(2)26-27(21)17-9-11-31(29,30)13-17/h5-8,12,17H,3-4,9-11,13H2,1-2H3,(H,24,28). The van der Waals surface area contributed by atoms with Gasteiger partial charge in [-0.3, -0.25) is 4.79 Å². The Morgan fingerprint density at radius 3 is 2.68 bits per heavy atom. The van der Waals surface area contributed by atoms with Gasteiger partial charge in [-0.05, 0) is 50.1 Å². The van der Waals surface area contributed by atoms with E-state index < -0.39 is 9.84 Å². The van der Waals surface area contributed by atoms with Gasteiger partial charge in [0.2, 0.25) is 0 Å². The fourth-order valence-corrected chi connectivity index (χ4v) is 5.65. The SMILES string of the molecule is CCCCNC(=O)c1cc(-c2ccc(F)cc2)nc2c1c(C)nn2C1CCS(=O)(=O)C1. The van der Waals surface area contributed by atoms with Crippen LogP contribution in [0.5, 0.6) is 0 Å². The number of sulfone groups is 1. The number of unbranched alkanes of at least 4 members (excludes halogenated alkanes) is 1. The summed E-state index contributed by atoms with van der Waals surface area (Å²) in [6.07, 6.45) is 2.28. The van der Waals surface area contributed by atoms with Crippen molar-refractivity contribution >= 4 is 26.8 Å². The molecule has 164 valence electrons. The van der Waals surface area contributed by atoms with Gasteiger partial charge in [-0.2, -0.15) is 5.10 Å². The summed E-state index contributed by atoms with van der Waals surface area (Å²) in [6.45, 7) is 4.40. The smallest absolute Gasteiger partial charge is 0.252 e. The first-order valence-electron chi connectivity index (χ1n) is 10.4. The molecule has 1 N–H and O–H groups in total. The van der Waals surface area contributed by atoms with Crippen molar-refractivity contribution in [3.05, 3.63) is 47.4 Å². The molecule has 1 saturated heterocycles. The van der Waals surface area contributed by atoms with Crippen LogP contribution in [-0.2, 0) is 9.84 Å². The molecule has 1 aliphatic rings. The molecule has 0 aliphatic carbocycles. The van der Waals surface area contributed by atoms with Crippen molar-refractivity contribution in [1.29, 1.82) is 0 Å². The molecule has 1 aliphatic heterocycles. The average Bonchev–Trinajstić information content (AvgIpc) is 3.27. The van der Waals surface area contributed by atoms with Gasteiger partial charge in [-0.1, -0.05) is 13.3 Å². The minimum atomic E-state index is -3.12. The molecule has 1 unspecified atom stereocenters. The number of rotatable bonds is 6. The zero-order valence-corrected chi connectivity index (χ0v) is 18.4. The number of amides is 1. The highest BCUT2D eigenvalue weighted by atomic mass is 32.2. The van der Waals surface area contributed by atoms with E-state index in [0.29, 0.717) is 46.5 Å². The highest BCUT2D eigenvalue weighted by Gasteiger charge is 2.32. The Kier molecular flexibility index (Phi) is 5.79. The number of fused-ring (bicyclic) bond motifs is 1. The molecular formula is C22H25FN4O3S. The molecule has 1 aromatic carbocycles. The Hall–Kier alpha value is -2.81. The van der Waals surface area contributed by atoms with Crippen LogP contribution in [0.25, 0.3) is 22.3 Å². The predicted octanol–water partition coefficient (Wildman–Crippen LogP) is 3.44. The molecule has 0 radical (unpaired) electrons. The first-order valence-corrected chi connectivity index (χ1v) is 12.3. The summed E-state index contributed by atoms with van der Waals surface area (Å²) in [6, 6.07) is 7.27. The van der Waals surface area contributed by atoms with Crippen molar-refractivity contribution in [2.75, 3.05) is 18.1 Å². The zero-order chi connectivity index (χ0) is 22.2. The first-order chi connectivity index (χ1) is 14.8. The molecule has 0 saturated carbocycles. The van der Waals surface area contributed by atoms with E-state index in [4.69, 9.17) is 4.98 Å². The summed E-state index contributed by atoms with van der Waals surface area (Å²) in [5.74, 6) is -0.477. The minimum absolute atomic E-state index is 0.00368. The number of benzene rings is 1. The van der Waals surface area contributed by atoms with Crippen LogP contribution in [0.4, 0.5) is 4.39 Å². The van der Waals surface area contributed by atoms with E-state index in [9.17, 15) is 17.6 Å². The largest absolute Gasteiger partial charge is 0.352 e. The zero-order valence-electron chi connectivity index (χ0n) is 17.6. The molecule has 1 fully saturated rings. The fourth-order valence-electron chi connectivity index (χ4n) is 3.96. The van der Waals surface area contributed by atoms with Crippen LogP contribution in [0.15, 0.2) is 30.3 Å². The average molecular weight is 445 g/mol. The number of hydrogen-bond acceptors (Lipinski definition) is 5. The normalized spacial score (nSPS) is 17.8. The van der Waals surface area contributed by atoms with Crippen molar-refractivity contribution in [1.82, 2.24) is 20.1 Å². The second kappa shape index (κ2) is 8.37. The van der Waals surface area contributed by atoms with Gasteiger partial charge in [0.05, 0.1) is 39.9 Å². The number of halogens is 1. The number of nitrogens with zero attached hydrogens (tertiary/aromatic N) is 3. The lowest BCUT2D eigenvalue weighted by molar-refractivity contribution is 0.0954. The van der Waals surface area contributed by atoms with Gasteiger partial charge < -0.3 is 5.32 Å². The van der Waals surface area contributed by atoms with Crippen LogP contribution in [0.3, 0.4) is 0 Å². The Morgan fingerprint density at radius 1 is 1.29 bits per heavy atom. The highest BCUT2D eigenvalue weighted by molar-refractivity contribution is 7.91. The third kappa shape index (κ3) is 4.32. The number of aromatic nitrogens is 3. The van der Waals surface area contributed by atoms with Gasteiger partial charge in [0.25, 0.3) is 5.91 Å². The van der Waals surface area contributed by atoms with Crippen molar-refractivity contribution in [2.24, 2.45) is 0 Å². The van der Waals surface area contributed by atoms with Gasteiger partial charge in [-0.25, -0.2) is 22.5 Å². The number of carbonyl (C=O) groups is 1. The third-order valence-electron chi connectivity index (χ3n) is 5.59. The molecule has 0 spiro atoms. The Balaban J connectivity index is 1.88. The molecule has 4 rings (SSSR count). The predicted molar refractivity (Wildman–Crippen MR) is 117 cm³/mol. The molecule has 0 bridgehead atoms. The van der Waals surface area contributed by atoms with Crippen LogP contribution in [-0.4, -0.2) is 47.1 Å². The molecule has 9 heteroatoms. The molecule has 2 aromatic heterocycles. The second-order valence-electron chi connectivity index (χ2n) is 7.96. The Morgan fingerprint density at radius 2 is 2.03 bits per heavy atom. The van der Waals surface area contributed by atoms with Crippen LogP contribution in [0.1, 0.15) is 48.3 Å². The quantitative estimate of drug-likeness (QED) is 0.588. The van der Waals surface area contributed by atoms with Crippen LogP contribution in [0, 0.1) is 12.7 Å². The molecule has 7 nitrogen and oxygen atoms in total. The lowest BCUT2D eigenvalue weighted by Gasteiger charge is -2.12. The monoisotopic (exact) mass is 444 g/mol. The van der Waals surface area contributed by atoms with E-state index in [-0.39, 0.29) is 29.3 Å². The van der Waals surface area contributed by atoms with E-state index in [1.807, 2.05) is 6.92 Å². The summed E-state index contributed by atoms with van der Waals surface area (Å²) >= 11 is 0. The van der Waals surface area contributed by atoms with Crippen LogP contribution < -0.4 is 5.32 Å². The van der Waals surface area contributed by atoms with Crippen molar-refractivity contribution < 1.29 is 17.6 Å². The lowest BCUT2D eigenvalue weighted by atomic mass is 10.0. The molecule has 31 heavy (non-hydrogen) atoms. The molecule has 1 amide bonds. The molecule has 3 aromatic rings. The third-order valence-corrected chi connectivity index (χ3v) is 7.34. The number of pyridine rings is 1. The van der Waals surface area contributed by atoms with E-state index in [2.05, 4.69) is 10.4 Å². The van der Waals surface area contributed by atoms with E-state index in [1.54, 1.807) is 29.8 Å². The van der Waals surface area contributed by atoms with E-state index in [1.165, 1.54) is 12.1 Å². The van der Waals surface area contributed by atoms with Gasteiger partial charge in [-0.15, -0.1) is 0 Å². The number of carbonyl (C=O) groups excluding carboxylic acids is 1. The molecular weight excluding hydrogens is 419 g/mol. The summed E-state index contributed by atoms with van der Waals surface area (Å²) in [5, 5.41) is 8.13. The Labute approximate surface area is 180 Å². The van der Waals surface area contributed by atoms with Crippen LogP contribution >= 0.6 is 0 Å². The molecule has 3 heterocycles. The topological polar surface area (TPSA) is 93.9 Å². The first kappa shape index (κ1) is 21.4. The maximum atomic E-state index is 13.4. The Bertz CT molecular complexity index is 1240. The molecule has 1 atom stereocenters. The number of nitrogens with one attached hydrogen (secondary N) is 1. The lowest BCUT2D eigenvalue weighted by Crippen LogP contribution is -2.25. The number of hydrogen-bond donors (Lipinski definition) is 1. The van der Waals surface area contributed by atoms with Crippen molar-refractivity contribution in [3.8, 4) is 11.3 Å².